The van der Waals surface area contributed by atoms with E-state index >= 15 is 0 Å². The zero-order valence-corrected chi connectivity index (χ0v) is 34.1. The second-order valence-electron chi connectivity index (χ2n) is 15.5. The van der Waals surface area contributed by atoms with Crippen molar-refractivity contribution in [1.82, 2.24) is 64.4 Å². The number of allylic oxidation sites excluding steroid dienone is 2. The molecule has 0 amide bonds. The SMILES string of the molecule is C1=COC(c2c(-c3cnccn3)c(-c3ncccn3)c3c(-c4ccc5ccccc5n4)nc(-c4ccn5ccccc45)c(-c4ncc5[nH]cnc5n4)c3c2-c2n[nH]c3ccccc23)C=C1. The summed E-state index contributed by atoms with van der Waals surface area (Å²) in [6.45, 7) is 0. The van der Waals surface area contributed by atoms with Crippen molar-refractivity contribution in [2.75, 3.05) is 0 Å². The average molecular weight is 842 g/mol. The summed E-state index contributed by atoms with van der Waals surface area (Å²) >= 11 is 0. The molecule has 1 unspecified atom stereocenters. The fourth-order valence-electron chi connectivity index (χ4n) is 9.09. The van der Waals surface area contributed by atoms with Crippen LogP contribution in [0.15, 0.2) is 171 Å². The van der Waals surface area contributed by atoms with Crippen molar-refractivity contribution in [1.29, 1.82) is 0 Å². The number of para-hydroxylation sites is 2. The van der Waals surface area contributed by atoms with E-state index in [1.807, 2.05) is 85.2 Å². The fourth-order valence-corrected chi connectivity index (χ4v) is 9.09. The molecule has 0 bridgehead atoms. The molecule has 0 saturated carbocycles. The number of H-pyrrole nitrogens is 2. The number of pyridine rings is 3. The first-order chi connectivity index (χ1) is 32.3. The van der Waals surface area contributed by atoms with Crippen LogP contribution in [-0.4, -0.2) is 64.4 Å². The van der Waals surface area contributed by atoms with Gasteiger partial charge in [0.25, 0.3) is 0 Å². The molecule has 2 N–H and O–H groups in total. The lowest BCUT2D eigenvalue weighted by atomic mass is 9.79. The van der Waals surface area contributed by atoms with Gasteiger partial charge in [-0.2, -0.15) is 5.10 Å². The maximum absolute atomic E-state index is 6.66. The molecule has 0 radical (unpaired) electrons. The number of fused-ring (bicyclic) bond motifs is 5. The van der Waals surface area contributed by atoms with Gasteiger partial charge in [0.2, 0.25) is 0 Å². The van der Waals surface area contributed by atoms with Gasteiger partial charge in [-0.1, -0.05) is 54.6 Å². The Hall–Kier alpha value is -9.30. The molecule has 0 aliphatic carbocycles. The average Bonchev–Trinajstić information content (AvgIpc) is 4.15. The number of hydrogen-bond donors (Lipinski definition) is 2. The molecule has 0 spiro atoms. The van der Waals surface area contributed by atoms with Crippen LogP contribution in [0.3, 0.4) is 0 Å². The Bertz CT molecular complexity index is 3890. The first-order valence-electron chi connectivity index (χ1n) is 20.9. The molecule has 14 nitrogen and oxygen atoms in total. The first kappa shape index (κ1) is 36.4. The fraction of sp³-hybridized carbons (Fsp3) is 0.0196. The molecule has 1 atom stereocenters. The van der Waals surface area contributed by atoms with Gasteiger partial charge >= 0.3 is 0 Å². The Balaban J connectivity index is 1.36. The lowest BCUT2D eigenvalue weighted by molar-refractivity contribution is 0.187. The highest BCUT2D eigenvalue weighted by Crippen LogP contribution is 2.55. The van der Waals surface area contributed by atoms with Crippen molar-refractivity contribution in [3.8, 4) is 67.9 Å². The topological polar surface area (TPSA) is 174 Å². The number of aromatic nitrogens is 13. The molecule has 3 aromatic carbocycles. The zero-order valence-electron chi connectivity index (χ0n) is 34.1. The number of nitrogens with zero attached hydrogens (tertiary/aromatic N) is 11. The van der Waals surface area contributed by atoms with Gasteiger partial charge in [0.05, 0.1) is 69.9 Å². The van der Waals surface area contributed by atoms with Gasteiger partial charge in [-0.25, -0.2) is 34.9 Å². The highest BCUT2D eigenvalue weighted by atomic mass is 16.5. The summed E-state index contributed by atoms with van der Waals surface area (Å²) in [5, 5.41) is 11.8. The van der Waals surface area contributed by atoms with E-state index in [9.17, 15) is 0 Å². The second-order valence-corrected chi connectivity index (χ2v) is 15.5. The van der Waals surface area contributed by atoms with Crippen LogP contribution in [0.25, 0.3) is 117 Å². The number of rotatable bonds is 7. The van der Waals surface area contributed by atoms with Crippen LogP contribution in [0.5, 0.6) is 0 Å². The number of aromatic amines is 2. The number of ether oxygens (including phenoxy) is 1. The number of benzene rings is 3. The largest absolute Gasteiger partial charge is 0.489 e. The summed E-state index contributed by atoms with van der Waals surface area (Å²) in [4.78, 5) is 48.9. The summed E-state index contributed by atoms with van der Waals surface area (Å²) in [6, 6.07) is 30.2. The Morgan fingerprint density at radius 1 is 0.585 bits per heavy atom. The third-order valence-electron chi connectivity index (χ3n) is 11.9. The number of nitrogens with one attached hydrogen (secondary N) is 2. The molecule has 13 rings (SSSR count). The van der Waals surface area contributed by atoms with E-state index in [1.54, 1.807) is 55.8 Å². The van der Waals surface area contributed by atoms with Gasteiger partial charge in [0, 0.05) is 86.5 Å². The molecule has 0 fully saturated rings. The quantitative estimate of drug-likeness (QED) is 0.156. The minimum absolute atomic E-state index is 0.393. The van der Waals surface area contributed by atoms with E-state index in [0.29, 0.717) is 73.4 Å². The summed E-state index contributed by atoms with van der Waals surface area (Å²) in [5.41, 5.74) is 11.1. The van der Waals surface area contributed by atoms with Gasteiger partial charge in [-0.05, 0) is 54.6 Å². The van der Waals surface area contributed by atoms with Crippen molar-refractivity contribution in [3.05, 3.63) is 177 Å². The standard InChI is InChI=1S/C51H31N13O/c1-3-12-32-29(10-1)16-17-34(59-32)48-43-41(45(51-56-27-36-49(61-51)58-28-57-36)46(60-48)31-18-24-64-23-7-5-14-37(31)64)42(47-30-11-2-4-13-33(30)62-63-47)40(38-15-6-8-25-65-38)39(35-26-52-21-22-53-35)44(43)50-54-19-9-20-55-50/h1-28,38H,(H,62,63)(H,56,57,58,61). The third-order valence-corrected chi connectivity index (χ3v) is 11.9. The van der Waals surface area contributed by atoms with Crippen LogP contribution < -0.4 is 0 Å². The normalized spacial score (nSPS) is 13.7. The Morgan fingerprint density at radius 2 is 1.49 bits per heavy atom. The van der Waals surface area contributed by atoms with Gasteiger partial charge in [-0.3, -0.25) is 15.1 Å². The summed E-state index contributed by atoms with van der Waals surface area (Å²) < 4.78 is 8.74. The van der Waals surface area contributed by atoms with E-state index in [0.717, 1.165) is 49.4 Å². The van der Waals surface area contributed by atoms with E-state index in [2.05, 4.69) is 54.8 Å². The summed E-state index contributed by atoms with van der Waals surface area (Å²) in [5.74, 6) is 0.818. The molecule has 1 aliphatic heterocycles. The van der Waals surface area contributed by atoms with Crippen molar-refractivity contribution in [2.24, 2.45) is 0 Å². The van der Waals surface area contributed by atoms with Crippen LogP contribution in [0.2, 0.25) is 0 Å². The predicted octanol–water partition coefficient (Wildman–Crippen LogP) is 10.3. The minimum atomic E-state index is -0.661. The van der Waals surface area contributed by atoms with Crippen molar-refractivity contribution < 1.29 is 4.74 Å². The molecule has 14 heteroatoms. The lowest BCUT2D eigenvalue weighted by Crippen LogP contribution is -2.11. The molecular weight excluding hydrogens is 811 g/mol. The van der Waals surface area contributed by atoms with E-state index < -0.39 is 6.10 Å². The lowest BCUT2D eigenvalue weighted by Gasteiger charge is -2.28. The highest BCUT2D eigenvalue weighted by molar-refractivity contribution is 6.23. The number of imidazole rings is 1. The Labute approximate surface area is 368 Å². The molecule has 10 heterocycles. The van der Waals surface area contributed by atoms with Crippen LogP contribution >= 0.6 is 0 Å². The smallest absolute Gasteiger partial charge is 0.181 e. The predicted molar refractivity (Wildman–Crippen MR) is 249 cm³/mol. The highest BCUT2D eigenvalue weighted by Gasteiger charge is 2.36. The molecule has 1 aliphatic rings. The third kappa shape index (κ3) is 5.81. The van der Waals surface area contributed by atoms with Gasteiger partial charge in [0.15, 0.2) is 17.3 Å². The second kappa shape index (κ2) is 14.7. The van der Waals surface area contributed by atoms with Gasteiger partial charge in [-0.15, -0.1) is 0 Å². The molecule has 65 heavy (non-hydrogen) atoms. The maximum Gasteiger partial charge on any atom is 0.181 e. The molecule has 0 saturated heterocycles. The summed E-state index contributed by atoms with van der Waals surface area (Å²) in [6.07, 6.45) is 22.9. The molecule has 9 aromatic heterocycles. The number of hydrogen-bond acceptors (Lipinski definition) is 11. The molecule has 12 aromatic rings. The van der Waals surface area contributed by atoms with Crippen molar-refractivity contribution in [2.45, 2.75) is 6.10 Å². The zero-order chi connectivity index (χ0) is 42.8. The van der Waals surface area contributed by atoms with Crippen LogP contribution in [0.4, 0.5) is 0 Å². The van der Waals surface area contributed by atoms with Gasteiger partial charge < -0.3 is 14.1 Å². The maximum atomic E-state index is 6.66. The van der Waals surface area contributed by atoms with Crippen molar-refractivity contribution in [3.63, 3.8) is 0 Å². The van der Waals surface area contributed by atoms with Crippen LogP contribution in [0, 0.1) is 0 Å². The first-order valence-corrected chi connectivity index (χ1v) is 20.9. The van der Waals surface area contributed by atoms with Gasteiger partial charge in [0.1, 0.15) is 17.3 Å². The monoisotopic (exact) mass is 841 g/mol. The van der Waals surface area contributed by atoms with E-state index in [4.69, 9.17) is 44.7 Å². The summed E-state index contributed by atoms with van der Waals surface area (Å²) in [7, 11) is 0. The molecule has 306 valence electrons. The van der Waals surface area contributed by atoms with E-state index in [1.165, 1.54) is 0 Å². The van der Waals surface area contributed by atoms with Crippen LogP contribution in [0.1, 0.15) is 11.7 Å². The molecular formula is C51H31N13O. The van der Waals surface area contributed by atoms with Crippen LogP contribution in [-0.2, 0) is 4.74 Å². The minimum Gasteiger partial charge on any atom is -0.489 e. The Kier molecular flexibility index (Phi) is 8.21. The Morgan fingerprint density at radius 3 is 2.40 bits per heavy atom. The van der Waals surface area contributed by atoms with Crippen molar-refractivity contribution >= 4 is 49.3 Å². The van der Waals surface area contributed by atoms with E-state index in [-0.39, 0.29) is 0 Å².